The molecule has 0 radical (unpaired) electrons. The fraction of sp³-hybridized carbons (Fsp3) is 0.875. The van der Waals surface area contributed by atoms with E-state index < -0.39 is 5.97 Å². The van der Waals surface area contributed by atoms with Gasteiger partial charge in [0.15, 0.2) is 0 Å². The van der Waals surface area contributed by atoms with Gasteiger partial charge in [-0.05, 0) is 38.5 Å². The highest BCUT2D eigenvalue weighted by Gasteiger charge is 2.27. The van der Waals surface area contributed by atoms with E-state index in [2.05, 4.69) is 10.6 Å². The maximum atomic E-state index is 12.1. The Bertz CT molecular complexity index is 343. The molecule has 2 rings (SSSR count). The van der Waals surface area contributed by atoms with E-state index >= 15 is 0 Å². The standard InChI is InChI=1S/C16H28N2O3/c19-15(20)12-8-10-14(11-9-12)18-16(21)17-13-6-4-2-1-3-5-7-13/h12-14H,1-11H2,(H,19,20)(H2,17,18,21). The third kappa shape index (κ3) is 5.56. The van der Waals surface area contributed by atoms with Gasteiger partial charge >= 0.3 is 12.0 Å². The van der Waals surface area contributed by atoms with E-state index in [9.17, 15) is 9.59 Å². The van der Waals surface area contributed by atoms with Gasteiger partial charge < -0.3 is 15.7 Å². The van der Waals surface area contributed by atoms with E-state index in [1.807, 2.05) is 0 Å². The van der Waals surface area contributed by atoms with Crippen molar-refractivity contribution >= 4 is 12.0 Å². The molecule has 2 fully saturated rings. The number of amides is 2. The first-order chi connectivity index (χ1) is 10.1. The fourth-order valence-corrected chi connectivity index (χ4v) is 3.50. The van der Waals surface area contributed by atoms with E-state index in [4.69, 9.17) is 5.11 Å². The van der Waals surface area contributed by atoms with Crippen LogP contribution in [-0.4, -0.2) is 29.2 Å². The zero-order valence-corrected chi connectivity index (χ0v) is 12.8. The average Bonchev–Trinajstić information content (AvgIpc) is 2.42. The molecular formula is C16H28N2O3. The molecule has 0 aromatic heterocycles. The zero-order chi connectivity index (χ0) is 15.1. The Morgan fingerprint density at radius 1 is 0.714 bits per heavy atom. The SMILES string of the molecule is O=C(NC1CCCCCCC1)NC1CCC(C(=O)O)CC1. The molecular weight excluding hydrogens is 268 g/mol. The van der Waals surface area contributed by atoms with Crippen LogP contribution in [0.2, 0.25) is 0 Å². The van der Waals surface area contributed by atoms with Crippen LogP contribution in [0.3, 0.4) is 0 Å². The van der Waals surface area contributed by atoms with Crippen molar-refractivity contribution in [3.05, 3.63) is 0 Å². The quantitative estimate of drug-likeness (QED) is 0.749. The lowest BCUT2D eigenvalue weighted by Crippen LogP contribution is -2.47. The Hall–Kier alpha value is -1.26. The van der Waals surface area contributed by atoms with Gasteiger partial charge in [0.2, 0.25) is 0 Å². The van der Waals surface area contributed by atoms with E-state index in [0.717, 1.165) is 25.7 Å². The lowest BCUT2D eigenvalue weighted by atomic mass is 9.86. The van der Waals surface area contributed by atoms with Gasteiger partial charge in [0.1, 0.15) is 0 Å². The Balaban J connectivity index is 1.68. The van der Waals surface area contributed by atoms with Crippen LogP contribution in [0.15, 0.2) is 0 Å². The summed E-state index contributed by atoms with van der Waals surface area (Å²) in [4.78, 5) is 23.0. The van der Waals surface area contributed by atoms with E-state index in [0.29, 0.717) is 18.9 Å². The minimum Gasteiger partial charge on any atom is -0.481 e. The first kappa shape index (κ1) is 16.1. The van der Waals surface area contributed by atoms with E-state index in [1.165, 1.54) is 32.1 Å². The van der Waals surface area contributed by atoms with Crippen LogP contribution in [0.4, 0.5) is 4.79 Å². The minimum absolute atomic E-state index is 0.0700. The highest BCUT2D eigenvalue weighted by molar-refractivity contribution is 5.74. The number of nitrogens with one attached hydrogen (secondary N) is 2. The molecule has 120 valence electrons. The van der Waals surface area contributed by atoms with E-state index in [1.54, 1.807) is 0 Å². The third-order valence-electron chi connectivity index (χ3n) is 4.85. The van der Waals surface area contributed by atoms with Crippen molar-refractivity contribution < 1.29 is 14.7 Å². The summed E-state index contributed by atoms with van der Waals surface area (Å²) in [6.45, 7) is 0. The van der Waals surface area contributed by atoms with Gasteiger partial charge in [-0.2, -0.15) is 0 Å². The summed E-state index contributed by atoms with van der Waals surface area (Å²) in [6.07, 6.45) is 11.3. The number of urea groups is 1. The number of hydrogen-bond donors (Lipinski definition) is 3. The average molecular weight is 296 g/mol. The summed E-state index contributed by atoms with van der Waals surface area (Å²) in [6, 6.07) is 0.370. The molecule has 0 unspecified atom stereocenters. The molecule has 2 amide bonds. The largest absolute Gasteiger partial charge is 0.481 e. The van der Waals surface area contributed by atoms with Crippen LogP contribution in [0, 0.1) is 5.92 Å². The van der Waals surface area contributed by atoms with Gasteiger partial charge in [-0.3, -0.25) is 4.79 Å². The molecule has 2 saturated carbocycles. The third-order valence-corrected chi connectivity index (χ3v) is 4.85. The molecule has 21 heavy (non-hydrogen) atoms. The Labute approximate surface area is 126 Å². The van der Waals surface area contributed by atoms with Gasteiger partial charge in [0.25, 0.3) is 0 Å². The van der Waals surface area contributed by atoms with Crippen molar-refractivity contribution in [2.75, 3.05) is 0 Å². The summed E-state index contributed by atoms with van der Waals surface area (Å²) < 4.78 is 0. The van der Waals surface area contributed by atoms with Crippen molar-refractivity contribution in [2.24, 2.45) is 5.92 Å². The van der Waals surface area contributed by atoms with Gasteiger partial charge in [-0.1, -0.05) is 32.1 Å². The van der Waals surface area contributed by atoms with Crippen LogP contribution in [0.1, 0.15) is 70.6 Å². The Morgan fingerprint density at radius 3 is 1.71 bits per heavy atom. The second-order valence-corrected chi connectivity index (χ2v) is 6.55. The van der Waals surface area contributed by atoms with Gasteiger partial charge in [0.05, 0.1) is 5.92 Å². The van der Waals surface area contributed by atoms with Crippen molar-refractivity contribution in [1.82, 2.24) is 10.6 Å². The molecule has 0 heterocycles. The molecule has 2 aliphatic carbocycles. The summed E-state index contributed by atoms with van der Waals surface area (Å²) >= 11 is 0. The monoisotopic (exact) mass is 296 g/mol. The second-order valence-electron chi connectivity index (χ2n) is 6.55. The molecule has 0 aromatic rings. The molecule has 5 heteroatoms. The maximum absolute atomic E-state index is 12.1. The summed E-state index contributed by atoms with van der Waals surface area (Å²) in [5.41, 5.74) is 0. The lowest BCUT2D eigenvalue weighted by Gasteiger charge is -2.28. The number of carboxylic acids is 1. The number of carbonyl (C=O) groups excluding carboxylic acids is 1. The van der Waals surface area contributed by atoms with Crippen LogP contribution >= 0.6 is 0 Å². The predicted molar refractivity (Wildman–Crippen MR) is 81.2 cm³/mol. The molecule has 2 aliphatic rings. The summed E-state index contributed by atoms with van der Waals surface area (Å²) in [7, 11) is 0. The highest BCUT2D eigenvalue weighted by atomic mass is 16.4. The fourth-order valence-electron chi connectivity index (χ4n) is 3.50. The molecule has 0 atom stereocenters. The molecule has 0 aromatic carbocycles. The topological polar surface area (TPSA) is 78.4 Å². The second kappa shape index (κ2) is 8.25. The Morgan fingerprint density at radius 2 is 1.19 bits per heavy atom. The summed E-state index contributed by atoms with van der Waals surface area (Å²) in [5, 5.41) is 15.1. The molecule has 0 bridgehead atoms. The number of rotatable bonds is 3. The molecule has 0 spiro atoms. The molecule has 0 saturated heterocycles. The Kier molecular flexibility index (Phi) is 6.33. The number of carboxylic acid groups (broad SMARTS) is 1. The van der Waals surface area contributed by atoms with Crippen LogP contribution < -0.4 is 10.6 Å². The number of hydrogen-bond acceptors (Lipinski definition) is 2. The lowest BCUT2D eigenvalue weighted by molar-refractivity contribution is -0.142. The minimum atomic E-state index is -0.701. The molecule has 3 N–H and O–H groups in total. The van der Waals surface area contributed by atoms with E-state index in [-0.39, 0.29) is 18.0 Å². The van der Waals surface area contributed by atoms with Crippen molar-refractivity contribution in [3.8, 4) is 0 Å². The zero-order valence-electron chi connectivity index (χ0n) is 12.8. The maximum Gasteiger partial charge on any atom is 0.315 e. The van der Waals surface area contributed by atoms with Gasteiger partial charge in [-0.15, -0.1) is 0 Å². The molecule has 0 aliphatic heterocycles. The first-order valence-corrected chi connectivity index (χ1v) is 8.45. The van der Waals surface area contributed by atoms with Crippen molar-refractivity contribution in [3.63, 3.8) is 0 Å². The van der Waals surface area contributed by atoms with Crippen LogP contribution in [-0.2, 0) is 4.79 Å². The van der Waals surface area contributed by atoms with Crippen LogP contribution in [0.5, 0.6) is 0 Å². The normalized spacial score (nSPS) is 28.2. The van der Waals surface area contributed by atoms with Crippen LogP contribution in [0.25, 0.3) is 0 Å². The number of aliphatic carboxylic acids is 1. The highest BCUT2D eigenvalue weighted by Crippen LogP contribution is 2.24. The first-order valence-electron chi connectivity index (χ1n) is 8.45. The smallest absolute Gasteiger partial charge is 0.315 e. The van der Waals surface area contributed by atoms with Gasteiger partial charge in [-0.25, -0.2) is 4.79 Å². The van der Waals surface area contributed by atoms with Gasteiger partial charge in [0, 0.05) is 12.1 Å². The number of carbonyl (C=O) groups is 2. The summed E-state index contributed by atoms with van der Waals surface area (Å²) in [5.74, 6) is -0.927. The van der Waals surface area contributed by atoms with Crippen molar-refractivity contribution in [2.45, 2.75) is 82.7 Å². The predicted octanol–water partition coefficient (Wildman–Crippen LogP) is 3.04. The van der Waals surface area contributed by atoms with Crippen molar-refractivity contribution in [1.29, 1.82) is 0 Å². The molecule has 5 nitrogen and oxygen atoms in total.